The van der Waals surface area contributed by atoms with Gasteiger partial charge in [0.1, 0.15) is 12.6 Å². The van der Waals surface area contributed by atoms with E-state index in [-0.39, 0.29) is 12.1 Å². The van der Waals surface area contributed by atoms with Crippen LogP contribution in [-0.2, 0) is 4.74 Å². The smallest absolute Gasteiger partial charge is 0.411 e. The van der Waals surface area contributed by atoms with Gasteiger partial charge in [0.2, 0.25) is 0 Å². The summed E-state index contributed by atoms with van der Waals surface area (Å²) < 4.78 is 5.12. The fraction of sp³-hybridized carbons (Fsp3) is 0.429. The van der Waals surface area contributed by atoms with Gasteiger partial charge in [0, 0.05) is 0 Å². The zero-order chi connectivity index (χ0) is 13.7. The van der Waals surface area contributed by atoms with Gasteiger partial charge in [-0.05, 0) is 24.0 Å². The summed E-state index contributed by atoms with van der Waals surface area (Å²) in [4.78, 5) is 13.4. The summed E-state index contributed by atoms with van der Waals surface area (Å²) in [5.41, 5.74) is 1.01. The number of carbonyl (C=O) groups is 1. The average molecular weight is 276 g/mol. The van der Waals surface area contributed by atoms with Crippen molar-refractivity contribution in [2.45, 2.75) is 18.5 Å². The van der Waals surface area contributed by atoms with E-state index in [9.17, 15) is 10.1 Å². The Morgan fingerprint density at radius 2 is 2.26 bits per heavy atom. The van der Waals surface area contributed by atoms with Crippen molar-refractivity contribution in [1.82, 2.24) is 4.90 Å². The Balaban J connectivity index is 2.20. The van der Waals surface area contributed by atoms with Crippen molar-refractivity contribution in [3.05, 3.63) is 35.9 Å². The van der Waals surface area contributed by atoms with E-state index in [1.165, 1.54) is 0 Å². The minimum atomic E-state index is -0.423. The lowest BCUT2D eigenvalue weighted by Gasteiger charge is -2.26. The normalized spacial score (nSPS) is 19.9. The highest BCUT2D eigenvalue weighted by atomic mass is 32.2. The molecule has 0 bridgehead atoms. The Bertz CT molecular complexity index is 472. The van der Waals surface area contributed by atoms with Crippen LogP contribution in [0.1, 0.15) is 18.0 Å². The lowest BCUT2D eigenvalue weighted by Crippen LogP contribution is -2.37. The second-order valence-corrected chi connectivity index (χ2v) is 5.32. The zero-order valence-corrected chi connectivity index (χ0v) is 11.6. The molecular weight excluding hydrogens is 260 g/mol. The van der Waals surface area contributed by atoms with Crippen molar-refractivity contribution in [3.8, 4) is 6.07 Å². The molecule has 2 atom stereocenters. The molecule has 100 valence electrons. The van der Waals surface area contributed by atoms with Gasteiger partial charge in [0.15, 0.2) is 0 Å². The standard InChI is InChI=1S/C14H16N2O2S/c1-19-8-7-12(9-15)16-13(10-18-14(16)17)11-5-3-2-4-6-11/h2-6,12-13H,7-8,10H2,1H3/t12-,13+/m0/s1. The van der Waals surface area contributed by atoms with Crippen LogP contribution in [0.5, 0.6) is 0 Å². The van der Waals surface area contributed by atoms with Gasteiger partial charge in [-0.1, -0.05) is 30.3 Å². The Labute approximate surface area is 117 Å². The van der Waals surface area contributed by atoms with Crippen LogP contribution >= 0.6 is 11.8 Å². The van der Waals surface area contributed by atoms with Crippen molar-refractivity contribution in [2.75, 3.05) is 18.6 Å². The van der Waals surface area contributed by atoms with E-state index in [0.29, 0.717) is 13.0 Å². The number of benzene rings is 1. The summed E-state index contributed by atoms with van der Waals surface area (Å²) in [5.74, 6) is 0.851. The maximum Gasteiger partial charge on any atom is 0.411 e. The molecule has 0 aromatic heterocycles. The summed E-state index contributed by atoms with van der Waals surface area (Å²) in [5, 5.41) is 9.29. The third-order valence-electron chi connectivity index (χ3n) is 3.18. The quantitative estimate of drug-likeness (QED) is 0.830. The lowest BCUT2D eigenvalue weighted by molar-refractivity contribution is 0.151. The first kappa shape index (κ1) is 13.8. The number of hydrogen-bond acceptors (Lipinski definition) is 4. The Hall–Kier alpha value is -1.67. The highest BCUT2D eigenvalue weighted by Crippen LogP contribution is 2.30. The minimum absolute atomic E-state index is 0.153. The number of rotatable bonds is 5. The first-order chi connectivity index (χ1) is 9.27. The van der Waals surface area contributed by atoms with Gasteiger partial charge < -0.3 is 4.74 Å². The van der Waals surface area contributed by atoms with E-state index in [2.05, 4.69) is 6.07 Å². The first-order valence-corrected chi connectivity index (χ1v) is 7.56. The van der Waals surface area contributed by atoms with Crippen LogP contribution in [0.3, 0.4) is 0 Å². The molecule has 0 spiro atoms. The maximum atomic E-state index is 11.9. The second-order valence-electron chi connectivity index (χ2n) is 4.34. The summed E-state index contributed by atoms with van der Waals surface area (Å²) in [7, 11) is 0. The number of amides is 1. The molecule has 1 aromatic carbocycles. The molecule has 0 N–H and O–H groups in total. The molecule has 1 aliphatic heterocycles. The van der Waals surface area contributed by atoms with Gasteiger partial charge in [-0.2, -0.15) is 17.0 Å². The van der Waals surface area contributed by atoms with Gasteiger partial charge in [-0.25, -0.2) is 4.79 Å². The van der Waals surface area contributed by atoms with E-state index in [0.717, 1.165) is 11.3 Å². The van der Waals surface area contributed by atoms with Crippen LogP contribution in [-0.4, -0.2) is 35.7 Å². The van der Waals surface area contributed by atoms with Gasteiger partial charge in [0.25, 0.3) is 0 Å². The molecule has 1 aliphatic rings. The molecule has 2 rings (SSSR count). The van der Waals surface area contributed by atoms with Crippen LogP contribution in [0.4, 0.5) is 4.79 Å². The Morgan fingerprint density at radius 1 is 1.53 bits per heavy atom. The van der Waals surface area contributed by atoms with E-state index in [4.69, 9.17) is 4.74 Å². The van der Waals surface area contributed by atoms with Crippen LogP contribution in [0, 0.1) is 11.3 Å². The predicted octanol–water partition coefficient (Wildman–Crippen LogP) is 2.83. The third-order valence-corrected chi connectivity index (χ3v) is 3.82. The van der Waals surface area contributed by atoms with E-state index < -0.39 is 6.04 Å². The van der Waals surface area contributed by atoms with E-state index in [1.54, 1.807) is 16.7 Å². The average Bonchev–Trinajstić information content (AvgIpc) is 2.83. The summed E-state index contributed by atoms with van der Waals surface area (Å²) >= 11 is 1.67. The molecule has 1 saturated heterocycles. The van der Waals surface area contributed by atoms with Crippen LogP contribution in [0.15, 0.2) is 30.3 Å². The highest BCUT2D eigenvalue weighted by molar-refractivity contribution is 7.98. The number of hydrogen-bond donors (Lipinski definition) is 0. The number of thioether (sulfide) groups is 1. The Morgan fingerprint density at radius 3 is 2.89 bits per heavy atom. The molecule has 0 unspecified atom stereocenters. The highest BCUT2D eigenvalue weighted by Gasteiger charge is 2.38. The second kappa shape index (κ2) is 6.48. The zero-order valence-electron chi connectivity index (χ0n) is 10.8. The maximum absolute atomic E-state index is 11.9. The number of ether oxygens (including phenoxy) is 1. The topological polar surface area (TPSA) is 53.3 Å². The molecule has 0 aliphatic carbocycles. The van der Waals surface area contributed by atoms with Crippen molar-refractivity contribution in [2.24, 2.45) is 0 Å². The first-order valence-electron chi connectivity index (χ1n) is 6.16. The fourth-order valence-electron chi connectivity index (χ4n) is 2.20. The van der Waals surface area contributed by atoms with Gasteiger partial charge in [-0.3, -0.25) is 4.90 Å². The molecule has 1 aromatic rings. The van der Waals surface area contributed by atoms with Gasteiger partial charge in [0.05, 0.1) is 12.1 Å². The largest absolute Gasteiger partial charge is 0.447 e. The van der Waals surface area contributed by atoms with Crippen molar-refractivity contribution in [3.63, 3.8) is 0 Å². The molecule has 1 fully saturated rings. The summed E-state index contributed by atoms with van der Waals surface area (Å²) in [6.07, 6.45) is 2.27. The molecule has 19 heavy (non-hydrogen) atoms. The predicted molar refractivity (Wildman–Crippen MR) is 74.8 cm³/mol. The van der Waals surface area contributed by atoms with Crippen molar-refractivity contribution >= 4 is 17.9 Å². The number of nitriles is 1. The minimum Gasteiger partial charge on any atom is -0.447 e. The van der Waals surface area contributed by atoms with Crippen molar-refractivity contribution < 1.29 is 9.53 Å². The molecule has 0 radical (unpaired) electrons. The SMILES string of the molecule is CSCC[C@@H](C#N)N1C(=O)OC[C@@H]1c1ccccc1. The molecule has 4 nitrogen and oxygen atoms in total. The van der Waals surface area contributed by atoms with E-state index in [1.807, 2.05) is 36.6 Å². The lowest BCUT2D eigenvalue weighted by atomic mass is 10.0. The fourth-order valence-corrected chi connectivity index (χ4v) is 2.66. The van der Waals surface area contributed by atoms with Crippen LogP contribution < -0.4 is 0 Å². The number of carbonyl (C=O) groups excluding carboxylic acids is 1. The Kier molecular flexibility index (Phi) is 4.69. The molecular formula is C14H16N2O2S. The third kappa shape index (κ3) is 3.02. The molecule has 1 heterocycles. The molecule has 1 amide bonds. The monoisotopic (exact) mass is 276 g/mol. The molecule has 0 saturated carbocycles. The van der Waals surface area contributed by atoms with Crippen molar-refractivity contribution in [1.29, 1.82) is 5.26 Å². The summed E-state index contributed by atoms with van der Waals surface area (Å²) in [6, 6.07) is 11.4. The molecule has 5 heteroatoms. The number of nitrogens with zero attached hydrogens (tertiary/aromatic N) is 2. The van der Waals surface area contributed by atoms with Gasteiger partial charge in [-0.15, -0.1) is 0 Å². The van der Waals surface area contributed by atoms with E-state index >= 15 is 0 Å². The van der Waals surface area contributed by atoms with Crippen LogP contribution in [0.2, 0.25) is 0 Å². The van der Waals surface area contributed by atoms with Gasteiger partial charge >= 0.3 is 6.09 Å². The van der Waals surface area contributed by atoms with Crippen LogP contribution in [0.25, 0.3) is 0 Å². The number of cyclic esters (lactones) is 1. The summed E-state index contributed by atoms with van der Waals surface area (Å²) in [6.45, 7) is 0.320.